The van der Waals surface area contributed by atoms with E-state index in [0.717, 1.165) is 34.3 Å². The summed E-state index contributed by atoms with van der Waals surface area (Å²) in [6.07, 6.45) is 1.87. The van der Waals surface area contributed by atoms with Crippen molar-refractivity contribution in [1.29, 1.82) is 0 Å². The summed E-state index contributed by atoms with van der Waals surface area (Å²) in [6, 6.07) is 8.41. The van der Waals surface area contributed by atoms with E-state index in [9.17, 15) is 31.5 Å². The molecule has 51 heavy (non-hydrogen) atoms. The van der Waals surface area contributed by atoms with Gasteiger partial charge in [0.25, 0.3) is 0 Å². The molecule has 4 rings (SSSR count). The fourth-order valence-electron chi connectivity index (χ4n) is 5.42. The molecule has 4 aromatic rings. The first-order valence-corrected chi connectivity index (χ1v) is 18.5. The number of aromatic nitrogens is 2. The van der Waals surface area contributed by atoms with Crippen LogP contribution in [0.3, 0.4) is 0 Å². The van der Waals surface area contributed by atoms with Gasteiger partial charge in [-0.05, 0) is 61.0 Å². The van der Waals surface area contributed by atoms with Crippen molar-refractivity contribution in [2.45, 2.75) is 54.5 Å². The van der Waals surface area contributed by atoms with Crippen LogP contribution < -0.4 is 4.74 Å². The van der Waals surface area contributed by atoms with Crippen LogP contribution in [0.5, 0.6) is 5.75 Å². The topological polar surface area (TPSA) is 102 Å². The van der Waals surface area contributed by atoms with Crippen molar-refractivity contribution in [1.82, 2.24) is 13.9 Å². The minimum atomic E-state index is -4.48. The zero-order chi connectivity index (χ0) is 38.1. The molecule has 1 atom stereocenters. The first-order valence-electron chi connectivity index (χ1n) is 15.7. The van der Waals surface area contributed by atoms with E-state index in [-0.39, 0.29) is 28.6 Å². The first-order chi connectivity index (χ1) is 23.7. The number of benzene rings is 3. The van der Waals surface area contributed by atoms with Crippen LogP contribution >= 0.6 is 23.4 Å². The summed E-state index contributed by atoms with van der Waals surface area (Å²) in [6.45, 7) is 5.22. The van der Waals surface area contributed by atoms with Crippen molar-refractivity contribution in [3.8, 4) is 11.4 Å². The molecule has 0 spiro atoms. The average Bonchev–Trinajstić information content (AvgIpc) is 3.48. The van der Waals surface area contributed by atoms with Gasteiger partial charge in [-0.1, -0.05) is 37.2 Å². The minimum absolute atomic E-state index is 0.0386. The molecule has 0 fully saturated rings. The van der Waals surface area contributed by atoms with Crippen LogP contribution in [0.2, 0.25) is 5.02 Å². The van der Waals surface area contributed by atoms with Crippen LogP contribution in [0, 0.1) is 23.3 Å². The number of aliphatic carboxylic acids is 1. The number of quaternary nitrogens is 1. The fourth-order valence-corrected chi connectivity index (χ4v) is 8.53. The summed E-state index contributed by atoms with van der Waals surface area (Å²) in [4.78, 5) is 15.9. The third-order valence-electron chi connectivity index (χ3n) is 8.45. The second-order valence-corrected chi connectivity index (χ2v) is 16.7. The van der Waals surface area contributed by atoms with Crippen LogP contribution in [0.25, 0.3) is 5.69 Å². The molecular formula is C35H40ClF4N4O5S2+. The lowest BCUT2D eigenvalue weighted by Gasteiger charge is -2.29. The predicted molar refractivity (Wildman–Crippen MR) is 188 cm³/mol. The number of thioether (sulfide) groups is 1. The third-order valence-corrected chi connectivity index (χ3v) is 11.7. The van der Waals surface area contributed by atoms with Crippen molar-refractivity contribution in [3.05, 3.63) is 99.8 Å². The highest BCUT2D eigenvalue weighted by atomic mass is 35.5. The summed E-state index contributed by atoms with van der Waals surface area (Å²) in [5.41, 5.74) is 0.262. The maximum Gasteiger partial charge on any atom is 0.321 e. The molecule has 9 nitrogen and oxygen atoms in total. The first kappa shape index (κ1) is 40.1. The molecule has 3 aromatic carbocycles. The lowest BCUT2D eigenvalue weighted by Crippen LogP contribution is -2.45. The van der Waals surface area contributed by atoms with E-state index in [2.05, 4.69) is 4.98 Å². The van der Waals surface area contributed by atoms with E-state index in [0.29, 0.717) is 39.5 Å². The number of carboxylic acids is 1. The Morgan fingerprint density at radius 1 is 1.08 bits per heavy atom. The number of hydrogen-bond donors (Lipinski definition) is 1. The molecule has 276 valence electrons. The summed E-state index contributed by atoms with van der Waals surface area (Å²) >= 11 is 7.55. The van der Waals surface area contributed by atoms with Gasteiger partial charge in [0.1, 0.15) is 17.7 Å². The number of sulfonamides is 1. The molecule has 1 aromatic heterocycles. The SMILES string of the molecule is COc1cc(C(C)(C)c2cnc(SCc3c(F)cc(S(=O)(=O)N(CCC[N+](C)(C)C)[C@H](C)C(=O)O)cc3Cl)n2-c2ccc(F)cc2)cc(F)c1F. The van der Waals surface area contributed by atoms with Gasteiger partial charge in [0.15, 0.2) is 16.7 Å². The molecule has 1 N–H and O–H groups in total. The van der Waals surface area contributed by atoms with E-state index in [1.807, 2.05) is 21.1 Å². The van der Waals surface area contributed by atoms with Crippen LogP contribution in [0.1, 0.15) is 44.0 Å². The molecule has 0 aliphatic carbocycles. The third kappa shape index (κ3) is 8.88. The van der Waals surface area contributed by atoms with E-state index in [1.165, 1.54) is 50.6 Å². The Hall–Kier alpha value is -3.63. The van der Waals surface area contributed by atoms with Crippen molar-refractivity contribution < 1.29 is 45.1 Å². The summed E-state index contributed by atoms with van der Waals surface area (Å²) < 4.78 is 94.1. The van der Waals surface area contributed by atoms with Gasteiger partial charge >= 0.3 is 5.97 Å². The van der Waals surface area contributed by atoms with E-state index in [1.54, 1.807) is 18.4 Å². The number of rotatable bonds is 15. The Balaban J connectivity index is 1.71. The van der Waals surface area contributed by atoms with Gasteiger partial charge in [-0.2, -0.15) is 8.70 Å². The fraction of sp³-hybridized carbons (Fsp3) is 0.371. The largest absolute Gasteiger partial charge is 0.494 e. The van der Waals surface area contributed by atoms with Gasteiger partial charge in [0.05, 0.1) is 51.6 Å². The Bertz CT molecular complexity index is 2000. The van der Waals surface area contributed by atoms with Crippen molar-refractivity contribution in [3.63, 3.8) is 0 Å². The number of hydrogen-bond acceptors (Lipinski definition) is 6. The summed E-state index contributed by atoms with van der Waals surface area (Å²) in [5.74, 6) is -5.44. The van der Waals surface area contributed by atoms with Crippen LogP contribution in [0.15, 0.2) is 64.8 Å². The van der Waals surface area contributed by atoms with E-state index >= 15 is 4.39 Å². The highest BCUT2D eigenvalue weighted by Gasteiger charge is 2.35. The lowest BCUT2D eigenvalue weighted by atomic mass is 9.81. The number of carbonyl (C=O) groups is 1. The highest BCUT2D eigenvalue weighted by molar-refractivity contribution is 7.98. The van der Waals surface area contributed by atoms with Gasteiger partial charge in [-0.15, -0.1) is 0 Å². The zero-order valence-corrected chi connectivity index (χ0v) is 31.6. The van der Waals surface area contributed by atoms with Gasteiger partial charge in [-0.25, -0.2) is 26.6 Å². The molecule has 0 aliphatic heterocycles. The van der Waals surface area contributed by atoms with Crippen LogP contribution in [-0.2, 0) is 26.0 Å². The highest BCUT2D eigenvalue weighted by Crippen LogP contribution is 2.40. The Morgan fingerprint density at radius 2 is 1.73 bits per heavy atom. The second-order valence-electron chi connectivity index (χ2n) is 13.5. The monoisotopic (exact) mass is 771 g/mol. The molecule has 0 saturated carbocycles. The quantitative estimate of drug-likeness (QED) is 0.0771. The van der Waals surface area contributed by atoms with Crippen molar-refractivity contribution >= 4 is 39.4 Å². The molecule has 16 heteroatoms. The number of imidazole rings is 1. The zero-order valence-electron chi connectivity index (χ0n) is 29.2. The predicted octanol–water partition coefficient (Wildman–Crippen LogP) is 7.27. The summed E-state index contributed by atoms with van der Waals surface area (Å²) in [7, 11) is 2.50. The molecular weight excluding hydrogens is 732 g/mol. The van der Waals surface area contributed by atoms with Crippen LogP contribution in [-0.4, -0.2) is 85.2 Å². The maximum atomic E-state index is 15.8. The van der Waals surface area contributed by atoms with Gasteiger partial charge in [0, 0.05) is 40.4 Å². The van der Waals surface area contributed by atoms with Crippen molar-refractivity contribution in [2.24, 2.45) is 0 Å². The van der Waals surface area contributed by atoms with Crippen LogP contribution in [0.4, 0.5) is 17.6 Å². The summed E-state index contributed by atoms with van der Waals surface area (Å²) in [5, 5.41) is 9.76. The molecule has 0 radical (unpaired) electrons. The number of methoxy groups -OCH3 is 1. The Morgan fingerprint density at radius 3 is 2.29 bits per heavy atom. The Kier molecular flexibility index (Phi) is 12.2. The molecule has 0 saturated heterocycles. The van der Waals surface area contributed by atoms with Gasteiger partial charge in [-0.3, -0.25) is 9.36 Å². The van der Waals surface area contributed by atoms with E-state index < -0.39 is 55.6 Å². The molecule has 0 aliphatic rings. The molecule has 1 heterocycles. The minimum Gasteiger partial charge on any atom is -0.494 e. The number of ether oxygens (including phenoxy) is 1. The second kappa shape index (κ2) is 15.5. The number of nitrogens with zero attached hydrogens (tertiary/aromatic N) is 4. The van der Waals surface area contributed by atoms with Gasteiger partial charge < -0.3 is 14.3 Å². The molecule has 0 amide bonds. The number of carboxylic acid groups (broad SMARTS) is 1. The van der Waals surface area contributed by atoms with Gasteiger partial charge in [0.2, 0.25) is 15.8 Å². The van der Waals surface area contributed by atoms with Crippen molar-refractivity contribution in [2.75, 3.05) is 41.3 Å². The standard InChI is InChI=1S/C35H39ClF4N4O5S2/c1-21(33(45)46)42(13-8-14-44(4,5)6)51(47,48)25-17-27(36)26(28(38)18-25)20-50-34-41-19-31(43(34)24-11-9-23(37)10-12-24)35(2,3)22-15-29(39)32(40)30(16-22)49-7/h9-12,15-19,21H,8,13-14,20H2,1-7H3/p+1/t21-/m1/s1. The maximum absolute atomic E-state index is 15.8. The molecule has 0 unspecified atom stereocenters. The smallest absolute Gasteiger partial charge is 0.321 e. The lowest BCUT2D eigenvalue weighted by molar-refractivity contribution is -0.870. The molecule has 0 bridgehead atoms. The Labute approximate surface area is 304 Å². The normalized spacial score (nSPS) is 13.1. The van der Waals surface area contributed by atoms with E-state index in [4.69, 9.17) is 16.3 Å². The average molecular weight is 772 g/mol. The number of halogens is 5.